The zero-order chi connectivity index (χ0) is 21.2. The summed E-state index contributed by atoms with van der Waals surface area (Å²) in [7, 11) is 0. The Morgan fingerprint density at radius 2 is 0.968 bits per heavy atom. The van der Waals surface area contributed by atoms with Gasteiger partial charge in [-0.25, -0.2) is 10.9 Å². The zero-order valence-corrected chi connectivity index (χ0v) is 16.6. The number of amides is 2. The lowest BCUT2D eigenvalue weighted by Gasteiger charge is -2.28. The Balaban J connectivity index is 1.65. The molecule has 2 amide bonds. The second-order valence-electron chi connectivity index (χ2n) is 7.57. The van der Waals surface area contributed by atoms with Crippen molar-refractivity contribution in [3.8, 4) is 0 Å². The summed E-state index contributed by atoms with van der Waals surface area (Å²) in [5.41, 5.74) is 9.13. The van der Waals surface area contributed by atoms with Gasteiger partial charge in [-0.1, -0.05) is 91.0 Å². The lowest BCUT2D eigenvalue weighted by Crippen LogP contribution is -2.39. The Bertz CT molecular complexity index is 1100. The predicted octanol–water partition coefficient (Wildman–Crippen LogP) is 3.07. The summed E-state index contributed by atoms with van der Waals surface area (Å²) in [6.07, 6.45) is 0. The number of nitrogens with zero attached hydrogens (tertiary/aromatic N) is 2. The summed E-state index contributed by atoms with van der Waals surface area (Å²) in [5, 5.41) is 8.71. The van der Waals surface area contributed by atoms with E-state index in [9.17, 15) is 9.59 Å². The summed E-state index contributed by atoms with van der Waals surface area (Å²) in [6.45, 7) is 0. The summed E-state index contributed by atoms with van der Waals surface area (Å²) in [4.78, 5) is 26.2. The first kappa shape index (κ1) is 18.9. The molecular weight excluding hydrogens is 388 g/mol. The fourth-order valence-corrected chi connectivity index (χ4v) is 4.38. The van der Waals surface area contributed by atoms with Crippen molar-refractivity contribution in [1.82, 2.24) is 10.9 Å². The Hall–Kier alpha value is -4.06. The van der Waals surface area contributed by atoms with Gasteiger partial charge >= 0.3 is 0 Å². The average molecular weight is 408 g/mol. The van der Waals surface area contributed by atoms with E-state index in [-0.39, 0.29) is 11.8 Å². The molecule has 0 aliphatic carbocycles. The third-order valence-corrected chi connectivity index (χ3v) is 5.77. The van der Waals surface area contributed by atoms with Crippen LogP contribution < -0.4 is 10.9 Å². The summed E-state index contributed by atoms with van der Waals surface area (Å²) in [6, 6.07) is 28.8. The van der Waals surface area contributed by atoms with Crippen molar-refractivity contribution in [2.45, 2.75) is 5.92 Å². The zero-order valence-electron chi connectivity index (χ0n) is 16.6. The Morgan fingerprint density at radius 1 is 0.581 bits per heavy atom. The van der Waals surface area contributed by atoms with E-state index in [0.717, 1.165) is 16.7 Å². The van der Waals surface area contributed by atoms with Crippen LogP contribution in [0.2, 0.25) is 0 Å². The molecule has 0 spiro atoms. The molecule has 2 atom stereocenters. The highest BCUT2D eigenvalue weighted by molar-refractivity contribution is 6.21. The minimum atomic E-state index is -0.632. The van der Waals surface area contributed by atoms with E-state index in [1.807, 2.05) is 91.0 Å². The fraction of sp³-hybridized carbons (Fsp3) is 0.120. The van der Waals surface area contributed by atoms with E-state index >= 15 is 0 Å². The van der Waals surface area contributed by atoms with E-state index < -0.39 is 17.8 Å². The van der Waals surface area contributed by atoms with Crippen molar-refractivity contribution >= 4 is 23.2 Å². The van der Waals surface area contributed by atoms with Crippen molar-refractivity contribution in [3.63, 3.8) is 0 Å². The van der Waals surface area contributed by atoms with Gasteiger partial charge in [-0.05, 0) is 16.7 Å². The molecular formula is C25H20N4O2. The van der Waals surface area contributed by atoms with Gasteiger partial charge in [-0.15, -0.1) is 0 Å². The van der Waals surface area contributed by atoms with Crippen LogP contribution >= 0.6 is 0 Å². The van der Waals surface area contributed by atoms with Crippen LogP contribution in [0.4, 0.5) is 0 Å². The first-order chi connectivity index (χ1) is 15.2. The molecule has 0 fully saturated rings. The third-order valence-electron chi connectivity index (χ3n) is 5.77. The van der Waals surface area contributed by atoms with Gasteiger partial charge in [0.25, 0.3) is 0 Å². The largest absolute Gasteiger partial charge is 0.272 e. The van der Waals surface area contributed by atoms with Gasteiger partial charge in [0, 0.05) is 5.92 Å². The molecule has 3 aromatic rings. The molecule has 152 valence electrons. The second kappa shape index (κ2) is 7.99. The molecule has 0 radical (unpaired) electrons. The van der Waals surface area contributed by atoms with Crippen molar-refractivity contribution < 1.29 is 9.59 Å². The van der Waals surface area contributed by atoms with E-state index in [1.54, 1.807) is 0 Å². The number of benzene rings is 3. The molecule has 3 aromatic carbocycles. The SMILES string of the molecule is O=C1NN=C(c2ccccc2)C1C(c1ccccc1)C1C(=O)NN=C1c1ccccc1. The number of hydrogen-bond donors (Lipinski definition) is 2. The lowest BCUT2D eigenvalue weighted by atomic mass is 9.71. The van der Waals surface area contributed by atoms with Gasteiger partial charge in [-0.3, -0.25) is 9.59 Å². The van der Waals surface area contributed by atoms with E-state index in [2.05, 4.69) is 21.1 Å². The van der Waals surface area contributed by atoms with Crippen molar-refractivity contribution in [2.75, 3.05) is 0 Å². The quantitative estimate of drug-likeness (QED) is 0.680. The molecule has 6 nitrogen and oxygen atoms in total. The monoisotopic (exact) mass is 408 g/mol. The molecule has 0 aromatic heterocycles. The maximum Gasteiger partial charge on any atom is 0.249 e. The van der Waals surface area contributed by atoms with Crippen LogP contribution in [0.25, 0.3) is 0 Å². The van der Waals surface area contributed by atoms with Gasteiger partial charge in [0.15, 0.2) is 0 Å². The number of carbonyl (C=O) groups excluding carboxylic acids is 2. The molecule has 0 saturated carbocycles. The van der Waals surface area contributed by atoms with E-state index in [0.29, 0.717) is 11.4 Å². The minimum Gasteiger partial charge on any atom is -0.272 e. The van der Waals surface area contributed by atoms with Crippen LogP contribution in [0.3, 0.4) is 0 Å². The molecule has 2 N–H and O–H groups in total. The maximum atomic E-state index is 13.1. The van der Waals surface area contributed by atoms with Crippen LogP contribution in [-0.2, 0) is 9.59 Å². The molecule has 0 bridgehead atoms. The van der Waals surface area contributed by atoms with Crippen molar-refractivity contribution in [2.24, 2.45) is 22.0 Å². The Kier molecular flexibility index (Phi) is 4.88. The lowest BCUT2D eigenvalue weighted by molar-refractivity contribution is -0.124. The predicted molar refractivity (Wildman–Crippen MR) is 118 cm³/mol. The van der Waals surface area contributed by atoms with E-state index in [1.165, 1.54) is 0 Å². The van der Waals surface area contributed by atoms with Crippen LogP contribution in [0, 0.1) is 11.8 Å². The molecule has 5 rings (SSSR count). The number of rotatable bonds is 5. The first-order valence-corrected chi connectivity index (χ1v) is 10.1. The standard InChI is InChI=1S/C25H20N4O2/c30-24-20(22(26-28-24)17-12-6-2-7-13-17)19(16-10-4-1-5-11-16)21-23(27-29-25(21)31)18-14-8-3-9-15-18/h1-15,19-21H,(H,28,30)(H,29,31). The van der Waals surface area contributed by atoms with Crippen molar-refractivity contribution in [1.29, 1.82) is 0 Å². The maximum absolute atomic E-state index is 13.1. The van der Waals surface area contributed by atoms with Gasteiger partial charge in [0.2, 0.25) is 11.8 Å². The molecule has 2 aliphatic rings. The minimum absolute atomic E-state index is 0.222. The van der Waals surface area contributed by atoms with Crippen LogP contribution in [0.1, 0.15) is 22.6 Å². The Labute approximate surface area is 179 Å². The average Bonchev–Trinajstić information content (AvgIpc) is 3.39. The molecule has 2 heterocycles. The number of hydrazone groups is 2. The van der Waals surface area contributed by atoms with Crippen LogP contribution in [0.5, 0.6) is 0 Å². The van der Waals surface area contributed by atoms with Crippen molar-refractivity contribution in [3.05, 3.63) is 108 Å². The summed E-state index contributed by atoms with van der Waals surface area (Å²) in [5.74, 6) is -2.18. The number of nitrogens with one attached hydrogen (secondary N) is 2. The summed E-state index contributed by atoms with van der Waals surface area (Å²) < 4.78 is 0. The van der Waals surface area contributed by atoms with Gasteiger partial charge in [0.05, 0.1) is 23.3 Å². The first-order valence-electron chi connectivity index (χ1n) is 10.1. The van der Waals surface area contributed by atoms with Gasteiger partial charge in [0.1, 0.15) is 0 Å². The fourth-order valence-electron chi connectivity index (χ4n) is 4.38. The molecule has 31 heavy (non-hydrogen) atoms. The van der Waals surface area contributed by atoms with Gasteiger partial charge < -0.3 is 0 Å². The summed E-state index contributed by atoms with van der Waals surface area (Å²) >= 11 is 0. The molecule has 2 unspecified atom stereocenters. The second-order valence-corrected chi connectivity index (χ2v) is 7.57. The number of carbonyl (C=O) groups is 2. The smallest absolute Gasteiger partial charge is 0.249 e. The topological polar surface area (TPSA) is 82.9 Å². The highest BCUT2D eigenvalue weighted by Gasteiger charge is 2.48. The third kappa shape index (κ3) is 3.42. The number of hydrogen-bond acceptors (Lipinski definition) is 4. The molecule has 2 aliphatic heterocycles. The van der Waals surface area contributed by atoms with E-state index in [4.69, 9.17) is 0 Å². The molecule has 6 heteroatoms. The van der Waals surface area contributed by atoms with Crippen LogP contribution in [-0.4, -0.2) is 23.2 Å². The van der Waals surface area contributed by atoms with Gasteiger partial charge in [-0.2, -0.15) is 10.2 Å². The Morgan fingerprint density at radius 3 is 1.39 bits per heavy atom. The van der Waals surface area contributed by atoms with Crippen LogP contribution in [0.15, 0.2) is 101 Å². The normalized spacial score (nSPS) is 21.2. The highest BCUT2D eigenvalue weighted by Crippen LogP contribution is 2.40. The molecule has 0 saturated heterocycles. The highest BCUT2D eigenvalue weighted by atomic mass is 16.2.